The fourth-order valence-corrected chi connectivity index (χ4v) is 6.42. The Kier molecular flexibility index (Phi) is 5.36. The summed E-state index contributed by atoms with van der Waals surface area (Å²) in [7, 11) is 0. The van der Waals surface area contributed by atoms with E-state index in [-0.39, 0.29) is 0 Å². The molecule has 0 radical (unpaired) electrons. The lowest BCUT2D eigenvalue weighted by molar-refractivity contribution is 0.620. The van der Waals surface area contributed by atoms with Crippen molar-refractivity contribution in [2.24, 2.45) is 0 Å². The maximum atomic E-state index is 6.14. The molecular weight excluding hydrogens is 500 g/mol. The van der Waals surface area contributed by atoms with Gasteiger partial charge in [-0.1, -0.05) is 109 Å². The van der Waals surface area contributed by atoms with Gasteiger partial charge in [0.2, 0.25) is 5.89 Å². The van der Waals surface area contributed by atoms with E-state index in [1.54, 1.807) is 0 Å². The average molecular weight is 527 g/mol. The maximum absolute atomic E-state index is 6.14. The second kappa shape index (κ2) is 9.35. The van der Waals surface area contributed by atoms with Gasteiger partial charge in [0.1, 0.15) is 5.52 Å². The minimum atomic E-state index is -0.425. The number of anilines is 2. The molecule has 7 aromatic rings. The molecule has 0 unspecified atom stereocenters. The van der Waals surface area contributed by atoms with E-state index in [4.69, 9.17) is 4.42 Å². The highest BCUT2D eigenvalue weighted by atomic mass is 16.3. The molecule has 3 heteroatoms. The predicted molar refractivity (Wildman–Crippen MR) is 166 cm³/mol. The third kappa shape index (κ3) is 3.70. The number of fused-ring (bicyclic) bond motifs is 4. The normalized spacial score (nSPS) is 13.1. The van der Waals surface area contributed by atoms with E-state index in [0.29, 0.717) is 5.89 Å². The predicted octanol–water partition coefficient (Wildman–Crippen LogP) is 9.60. The number of oxazole rings is 1. The summed E-state index contributed by atoms with van der Waals surface area (Å²) in [5, 5.41) is 3.64. The zero-order valence-corrected chi connectivity index (χ0v) is 22.3. The first-order chi connectivity index (χ1) is 20.3. The summed E-state index contributed by atoms with van der Waals surface area (Å²) < 4.78 is 6.14. The van der Waals surface area contributed by atoms with Gasteiger partial charge in [0.25, 0.3) is 0 Å². The van der Waals surface area contributed by atoms with Gasteiger partial charge in [-0.05, 0) is 69.8 Å². The van der Waals surface area contributed by atoms with Crippen LogP contribution >= 0.6 is 0 Å². The van der Waals surface area contributed by atoms with E-state index in [2.05, 4.69) is 119 Å². The van der Waals surface area contributed by atoms with Crippen LogP contribution in [-0.4, -0.2) is 4.98 Å². The number of aromatic nitrogens is 1. The van der Waals surface area contributed by atoms with E-state index in [9.17, 15) is 0 Å². The van der Waals surface area contributed by atoms with Gasteiger partial charge >= 0.3 is 0 Å². The number of hydrogen-bond donors (Lipinski definition) is 1. The fraction of sp³-hybridized carbons (Fsp3) is 0.0263. The van der Waals surface area contributed by atoms with Crippen molar-refractivity contribution in [3.63, 3.8) is 0 Å². The summed E-state index contributed by atoms with van der Waals surface area (Å²) in [6.45, 7) is 0. The van der Waals surface area contributed by atoms with Gasteiger partial charge < -0.3 is 9.73 Å². The highest BCUT2D eigenvalue weighted by Gasteiger charge is 2.45. The molecule has 1 N–H and O–H groups in total. The van der Waals surface area contributed by atoms with E-state index in [0.717, 1.165) is 28.0 Å². The first-order valence-corrected chi connectivity index (χ1v) is 13.9. The van der Waals surface area contributed by atoms with Crippen molar-refractivity contribution in [2.75, 3.05) is 5.32 Å². The Hall–Kier alpha value is -5.41. The van der Waals surface area contributed by atoms with Crippen LogP contribution in [0.3, 0.4) is 0 Å². The minimum Gasteiger partial charge on any atom is -0.436 e. The number of rotatable bonds is 5. The van der Waals surface area contributed by atoms with Crippen LogP contribution in [0.2, 0.25) is 0 Å². The van der Waals surface area contributed by atoms with Crippen LogP contribution in [0.25, 0.3) is 33.7 Å². The van der Waals surface area contributed by atoms with Crippen molar-refractivity contribution in [1.29, 1.82) is 0 Å². The third-order valence-electron chi connectivity index (χ3n) is 8.15. The molecule has 0 saturated heterocycles. The molecule has 0 spiro atoms. The standard InChI is InChI=1S/C38H26N2O/c1-3-12-26(13-4-1)37-40-35-23-22-30(25-36(35)41-37)39-29-17-11-16-28(24-29)38(27-14-5-2-6-15-27)33-20-9-7-18-31(33)32-19-8-10-21-34(32)38/h1-25,39H. The van der Waals surface area contributed by atoms with Crippen LogP contribution in [0.15, 0.2) is 156 Å². The summed E-state index contributed by atoms with van der Waals surface area (Å²) in [6, 6.07) is 53.4. The Morgan fingerprint density at radius 1 is 0.512 bits per heavy atom. The van der Waals surface area contributed by atoms with E-state index in [1.165, 1.54) is 33.4 Å². The fourth-order valence-electron chi connectivity index (χ4n) is 6.42. The quantitative estimate of drug-likeness (QED) is 0.243. The molecular formula is C38H26N2O. The molecule has 3 nitrogen and oxygen atoms in total. The molecule has 8 rings (SSSR count). The second-order valence-corrected chi connectivity index (χ2v) is 10.5. The van der Waals surface area contributed by atoms with E-state index >= 15 is 0 Å². The SMILES string of the molecule is c1ccc(-c2nc3ccc(Nc4cccc(C5(c6ccccc6)c6ccccc6-c6ccccc65)c4)cc3o2)cc1. The molecule has 0 saturated carbocycles. The van der Waals surface area contributed by atoms with Gasteiger partial charge in [-0.25, -0.2) is 4.98 Å². The Morgan fingerprint density at radius 3 is 1.85 bits per heavy atom. The number of nitrogens with one attached hydrogen (secondary N) is 1. The van der Waals surface area contributed by atoms with Gasteiger partial charge in [0.05, 0.1) is 5.41 Å². The molecule has 6 aromatic carbocycles. The summed E-state index contributed by atoms with van der Waals surface area (Å²) in [6.07, 6.45) is 0. The topological polar surface area (TPSA) is 38.1 Å². The highest BCUT2D eigenvalue weighted by molar-refractivity contribution is 5.87. The highest BCUT2D eigenvalue weighted by Crippen LogP contribution is 2.56. The number of hydrogen-bond acceptors (Lipinski definition) is 3. The molecule has 0 bridgehead atoms. The zero-order chi connectivity index (χ0) is 27.2. The first kappa shape index (κ1) is 23.5. The molecule has 0 atom stereocenters. The summed E-state index contributed by atoms with van der Waals surface area (Å²) in [4.78, 5) is 4.69. The molecule has 0 fully saturated rings. The molecule has 1 aliphatic carbocycles. The molecule has 1 aromatic heterocycles. The Labute approximate surface area is 238 Å². The van der Waals surface area contributed by atoms with Crippen molar-refractivity contribution < 1.29 is 4.42 Å². The summed E-state index contributed by atoms with van der Waals surface area (Å²) >= 11 is 0. The lowest BCUT2D eigenvalue weighted by atomic mass is 9.67. The summed E-state index contributed by atoms with van der Waals surface area (Å²) in [5.41, 5.74) is 11.8. The number of nitrogens with zero attached hydrogens (tertiary/aromatic N) is 1. The van der Waals surface area contributed by atoms with Crippen molar-refractivity contribution in [3.8, 4) is 22.6 Å². The van der Waals surface area contributed by atoms with E-state index in [1.807, 2.05) is 42.5 Å². The van der Waals surface area contributed by atoms with Crippen LogP contribution < -0.4 is 5.32 Å². The van der Waals surface area contributed by atoms with Crippen molar-refractivity contribution in [1.82, 2.24) is 4.98 Å². The lowest BCUT2D eigenvalue weighted by Crippen LogP contribution is -2.28. The third-order valence-corrected chi connectivity index (χ3v) is 8.15. The minimum absolute atomic E-state index is 0.425. The smallest absolute Gasteiger partial charge is 0.227 e. The molecule has 1 aliphatic rings. The van der Waals surface area contributed by atoms with Gasteiger partial charge in [0, 0.05) is 23.0 Å². The average Bonchev–Trinajstić information content (AvgIpc) is 3.60. The molecule has 0 aliphatic heterocycles. The zero-order valence-electron chi connectivity index (χ0n) is 22.3. The van der Waals surface area contributed by atoms with Crippen LogP contribution in [0, 0.1) is 0 Å². The van der Waals surface area contributed by atoms with Crippen LogP contribution in [0.4, 0.5) is 11.4 Å². The molecule has 194 valence electrons. The first-order valence-electron chi connectivity index (χ1n) is 13.9. The van der Waals surface area contributed by atoms with Gasteiger partial charge in [-0.3, -0.25) is 0 Å². The monoisotopic (exact) mass is 526 g/mol. The Bertz CT molecular complexity index is 1980. The second-order valence-electron chi connectivity index (χ2n) is 10.5. The molecule has 1 heterocycles. The lowest BCUT2D eigenvalue weighted by Gasteiger charge is -2.34. The van der Waals surface area contributed by atoms with Crippen LogP contribution in [-0.2, 0) is 5.41 Å². The van der Waals surface area contributed by atoms with Crippen LogP contribution in [0.5, 0.6) is 0 Å². The number of benzene rings is 6. The van der Waals surface area contributed by atoms with E-state index < -0.39 is 5.41 Å². The van der Waals surface area contributed by atoms with Gasteiger partial charge in [-0.2, -0.15) is 0 Å². The summed E-state index contributed by atoms with van der Waals surface area (Å²) in [5.74, 6) is 0.628. The van der Waals surface area contributed by atoms with Crippen molar-refractivity contribution in [3.05, 3.63) is 174 Å². The molecule has 0 amide bonds. The molecule has 41 heavy (non-hydrogen) atoms. The van der Waals surface area contributed by atoms with Gasteiger partial charge in [0.15, 0.2) is 5.58 Å². The van der Waals surface area contributed by atoms with Crippen LogP contribution in [0.1, 0.15) is 22.3 Å². The van der Waals surface area contributed by atoms with Crippen molar-refractivity contribution in [2.45, 2.75) is 5.41 Å². The Morgan fingerprint density at radius 2 is 1.12 bits per heavy atom. The van der Waals surface area contributed by atoms with Crippen molar-refractivity contribution >= 4 is 22.5 Å². The largest absolute Gasteiger partial charge is 0.436 e. The van der Waals surface area contributed by atoms with Gasteiger partial charge in [-0.15, -0.1) is 0 Å². The maximum Gasteiger partial charge on any atom is 0.227 e. The Balaban J connectivity index is 1.24.